The van der Waals surface area contributed by atoms with E-state index in [1.807, 2.05) is 60.7 Å². The molecule has 5 aliphatic carbocycles. The molecule has 7 nitrogen and oxygen atoms in total. The molecule has 0 amide bonds. The predicted molar refractivity (Wildman–Crippen MR) is 297 cm³/mol. The minimum atomic E-state index is -1.08. The summed E-state index contributed by atoms with van der Waals surface area (Å²) in [5.41, 5.74) is 20.3. The average molecular weight is 969 g/mol. The fourth-order valence-electron chi connectivity index (χ4n) is 14.7. The standard InChI is InChI=1S/C69H36N4O3/c70-33-35-23-25-43-41-15-5-7-21-53(41)68(55(43)27-35)57-29-49-39-13-3-1-11-37(39)45-17-9-19-47(61(45)49)63(57)72-59(68)31-51-65(74)52(67(76)66(51)75)32-60-69(54-22-8-6-16-42(54)44-26-24-36(34-71)28-56(44)69)58-30-50-40-14-4-2-12-38(40)46-18-10-20-48(62(46)50)64(58)73-60/h1-32,72-74H,(H,75,76)/b59-31-,60-32-. The van der Waals surface area contributed by atoms with Crippen molar-refractivity contribution in [3.8, 4) is 78.9 Å². The number of rotatable bonds is 2. The Morgan fingerprint density at radius 3 is 1.24 bits per heavy atom. The number of aliphatic hydroxyl groups excluding tert-OH is 2. The van der Waals surface area contributed by atoms with Crippen LogP contribution in [0.25, 0.3) is 88.3 Å². The van der Waals surface area contributed by atoms with Crippen LogP contribution in [0.3, 0.4) is 0 Å². The van der Waals surface area contributed by atoms with E-state index in [0.29, 0.717) is 22.5 Å². The molecule has 0 saturated heterocycles. The van der Waals surface area contributed by atoms with Crippen LogP contribution in [0.15, 0.2) is 228 Å². The van der Waals surface area contributed by atoms with Gasteiger partial charge in [0.25, 0.3) is 0 Å². The van der Waals surface area contributed by atoms with E-state index in [1.54, 1.807) is 12.2 Å². The van der Waals surface area contributed by atoms with Crippen LogP contribution in [-0.2, 0) is 15.6 Å². The van der Waals surface area contributed by atoms with E-state index in [4.69, 9.17) is 0 Å². The second-order valence-electron chi connectivity index (χ2n) is 20.8. The van der Waals surface area contributed by atoms with Crippen molar-refractivity contribution in [2.24, 2.45) is 0 Å². The number of allylic oxidation sites excluding steroid dienone is 5. The van der Waals surface area contributed by atoms with Crippen molar-refractivity contribution in [1.82, 2.24) is 0 Å². The molecule has 10 aromatic rings. The van der Waals surface area contributed by atoms with Crippen LogP contribution < -0.4 is 10.6 Å². The summed E-state index contributed by atoms with van der Waals surface area (Å²) in [7, 11) is 0. The average Bonchev–Trinajstić information content (AvgIpc) is 4.41. The van der Waals surface area contributed by atoms with Crippen molar-refractivity contribution in [1.29, 1.82) is 10.5 Å². The van der Waals surface area contributed by atoms with Gasteiger partial charge in [0.15, 0.2) is 5.76 Å². The summed E-state index contributed by atoms with van der Waals surface area (Å²) in [5.74, 6) is -1.68. The largest absolute Gasteiger partial charge is 0.506 e. The summed E-state index contributed by atoms with van der Waals surface area (Å²) in [6.45, 7) is 0. The molecule has 0 bridgehead atoms. The summed E-state index contributed by atoms with van der Waals surface area (Å²) in [5, 5.41) is 58.2. The van der Waals surface area contributed by atoms with E-state index >= 15 is 4.79 Å². The number of carbonyl (C=O) groups excluding carboxylic acids is 1. The third-order valence-corrected chi connectivity index (χ3v) is 17.6. The molecule has 4 N–H and O–H groups in total. The molecule has 350 valence electrons. The Bertz CT molecular complexity index is 4780. The SMILES string of the molecule is N#Cc1ccc2c(c1)C1(/C(=C/C3=C(O)C(/C=C4\Nc5c(cc6c7c(cccc57)-c5ccccc5-6)C45c4ccccc4-c4ccc(C#N)cc45)=C(O)C3=O)Nc3c1cc1c4c(cccc34)-c3ccccc3-1)c1ccccc1-2. The molecule has 7 heteroatoms. The quantitative estimate of drug-likeness (QED) is 0.136. The highest BCUT2D eigenvalue weighted by Gasteiger charge is 2.56. The van der Waals surface area contributed by atoms with Gasteiger partial charge in [-0.25, -0.2) is 0 Å². The van der Waals surface area contributed by atoms with E-state index in [0.717, 1.165) is 133 Å². The van der Waals surface area contributed by atoms with Crippen molar-refractivity contribution >= 4 is 38.7 Å². The van der Waals surface area contributed by atoms with E-state index in [1.165, 1.54) is 0 Å². The van der Waals surface area contributed by atoms with Gasteiger partial charge in [-0.15, -0.1) is 0 Å². The Labute approximate surface area is 435 Å². The highest BCUT2D eigenvalue weighted by molar-refractivity contribution is 6.22. The number of ketones is 1. The number of aliphatic hydroxyl groups is 2. The number of fused-ring (bicyclic) bond motifs is 22. The van der Waals surface area contributed by atoms with Gasteiger partial charge in [0.2, 0.25) is 5.78 Å². The molecular formula is C69H36N4O3. The van der Waals surface area contributed by atoms with Crippen LogP contribution in [0, 0.1) is 22.7 Å². The first-order valence-electron chi connectivity index (χ1n) is 25.4. The predicted octanol–water partition coefficient (Wildman–Crippen LogP) is 15.2. The van der Waals surface area contributed by atoms with Crippen LogP contribution in [0.1, 0.15) is 44.5 Å². The number of anilines is 2. The van der Waals surface area contributed by atoms with Gasteiger partial charge in [-0.2, -0.15) is 10.5 Å². The first-order chi connectivity index (χ1) is 37.3. The van der Waals surface area contributed by atoms with Crippen molar-refractivity contribution in [3.05, 3.63) is 273 Å². The van der Waals surface area contributed by atoms with Gasteiger partial charge in [-0.3, -0.25) is 4.79 Å². The monoisotopic (exact) mass is 968 g/mol. The van der Waals surface area contributed by atoms with Crippen LogP contribution in [0.5, 0.6) is 0 Å². The maximum absolute atomic E-state index is 15.1. The third-order valence-electron chi connectivity index (χ3n) is 17.6. The number of nitrogens with zero attached hydrogens (tertiary/aromatic N) is 2. The maximum Gasteiger partial charge on any atom is 0.231 e. The molecule has 17 rings (SSSR count). The lowest BCUT2D eigenvalue weighted by Crippen LogP contribution is -2.28. The zero-order valence-electron chi connectivity index (χ0n) is 40.2. The number of benzene rings is 10. The summed E-state index contributed by atoms with van der Waals surface area (Å²) >= 11 is 0. The van der Waals surface area contributed by atoms with Gasteiger partial charge in [0.1, 0.15) is 5.76 Å². The Kier molecular flexibility index (Phi) is 7.55. The lowest BCUT2D eigenvalue weighted by Gasteiger charge is -2.30. The second-order valence-corrected chi connectivity index (χ2v) is 20.8. The number of nitrogens with one attached hydrogen (secondary N) is 2. The van der Waals surface area contributed by atoms with Gasteiger partial charge in [-0.1, -0.05) is 146 Å². The normalized spacial score (nSPS) is 19.7. The van der Waals surface area contributed by atoms with Crippen LogP contribution in [0.4, 0.5) is 11.4 Å². The molecular weight excluding hydrogens is 933 g/mol. The molecule has 2 spiro atoms. The van der Waals surface area contributed by atoms with Gasteiger partial charge >= 0.3 is 0 Å². The molecule has 2 unspecified atom stereocenters. The van der Waals surface area contributed by atoms with Gasteiger partial charge in [-0.05, 0) is 159 Å². The zero-order chi connectivity index (χ0) is 50.5. The molecule has 7 aliphatic rings. The summed E-state index contributed by atoms with van der Waals surface area (Å²) in [6.07, 6.45) is 3.46. The lowest BCUT2D eigenvalue weighted by molar-refractivity contribution is -0.114. The first-order valence-corrected chi connectivity index (χ1v) is 25.4. The molecule has 0 fully saturated rings. The van der Waals surface area contributed by atoms with Crippen LogP contribution in [0.2, 0.25) is 0 Å². The molecule has 2 heterocycles. The summed E-state index contributed by atoms with van der Waals surface area (Å²) in [4.78, 5) is 15.1. The number of nitriles is 2. The molecule has 0 radical (unpaired) electrons. The van der Waals surface area contributed by atoms with E-state index in [9.17, 15) is 20.7 Å². The summed E-state index contributed by atoms with van der Waals surface area (Å²) < 4.78 is 0. The molecule has 0 saturated carbocycles. The fourth-order valence-corrected chi connectivity index (χ4v) is 14.7. The smallest absolute Gasteiger partial charge is 0.231 e. The number of Topliss-reactive ketones (excluding diaryl/α,β-unsaturated/α-hetero) is 1. The molecule has 2 atom stereocenters. The van der Waals surface area contributed by atoms with E-state index in [2.05, 4.69) is 144 Å². The van der Waals surface area contributed by atoms with Gasteiger partial charge in [0, 0.05) is 22.2 Å². The van der Waals surface area contributed by atoms with Crippen LogP contribution >= 0.6 is 0 Å². The highest BCUT2D eigenvalue weighted by Crippen LogP contribution is 2.66. The Morgan fingerprint density at radius 1 is 0.382 bits per heavy atom. The van der Waals surface area contributed by atoms with Crippen molar-refractivity contribution < 1.29 is 15.0 Å². The maximum atomic E-state index is 15.1. The van der Waals surface area contributed by atoms with Gasteiger partial charge in [0.05, 0.1) is 56.6 Å². The topological polar surface area (TPSA) is 129 Å². The molecule has 76 heavy (non-hydrogen) atoms. The van der Waals surface area contributed by atoms with E-state index < -0.39 is 22.4 Å². The minimum absolute atomic E-state index is 0.0245. The highest BCUT2D eigenvalue weighted by atomic mass is 16.3. The Morgan fingerprint density at radius 2 is 0.776 bits per heavy atom. The first kappa shape index (κ1) is 41.1. The Hall–Kier alpha value is -10.5. The third kappa shape index (κ3) is 4.63. The zero-order valence-corrected chi connectivity index (χ0v) is 40.2. The fraction of sp³-hybridized carbons (Fsp3) is 0.0290. The van der Waals surface area contributed by atoms with Crippen molar-refractivity contribution in [2.45, 2.75) is 10.8 Å². The molecule has 0 aromatic heterocycles. The minimum Gasteiger partial charge on any atom is -0.506 e. The Balaban J connectivity index is 0.917. The number of hydrogen-bond donors (Lipinski definition) is 4. The second kappa shape index (κ2) is 14.0. The molecule has 2 aliphatic heterocycles. The van der Waals surface area contributed by atoms with Crippen molar-refractivity contribution in [3.63, 3.8) is 0 Å². The van der Waals surface area contributed by atoms with Crippen LogP contribution in [-0.4, -0.2) is 16.0 Å². The van der Waals surface area contributed by atoms with Gasteiger partial charge < -0.3 is 20.8 Å². The molecule has 10 aromatic carbocycles. The van der Waals surface area contributed by atoms with Crippen molar-refractivity contribution in [2.75, 3.05) is 10.6 Å². The summed E-state index contributed by atoms with van der Waals surface area (Å²) in [6, 6.07) is 67.2. The number of hydrogen-bond acceptors (Lipinski definition) is 7. The number of carbonyl (C=O) groups is 1. The lowest BCUT2D eigenvalue weighted by atomic mass is 9.70. The van der Waals surface area contributed by atoms with E-state index in [-0.39, 0.29) is 16.9 Å².